The van der Waals surface area contributed by atoms with Crippen LogP contribution in [0.2, 0.25) is 0 Å². The summed E-state index contributed by atoms with van der Waals surface area (Å²) in [4.78, 5) is 15.1. The zero-order valence-electron chi connectivity index (χ0n) is 12.4. The molecule has 0 N–H and O–H groups in total. The van der Waals surface area contributed by atoms with Gasteiger partial charge >= 0.3 is 0 Å². The lowest BCUT2D eigenvalue weighted by Gasteiger charge is -2.23. The van der Waals surface area contributed by atoms with E-state index < -0.39 is 5.25 Å². The molecular formula is C18H15N3OS. The van der Waals surface area contributed by atoms with Crippen LogP contribution in [-0.4, -0.2) is 23.9 Å². The molecule has 2 aromatic rings. The van der Waals surface area contributed by atoms with Crippen LogP contribution in [0.15, 0.2) is 65.6 Å². The summed E-state index contributed by atoms with van der Waals surface area (Å²) in [5.74, 6) is -0.229. The maximum Gasteiger partial charge on any atom is 0.242 e. The van der Waals surface area contributed by atoms with Gasteiger partial charge in [-0.1, -0.05) is 48.5 Å². The molecule has 0 bridgehead atoms. The molecule has 0 saturated carbocycles. The lowest BCUT2D eigenvalue weighted by Crippen LogP contribution is -2.35. The van der Waals surface area contributed by atoms with E-state index in [0.29, 0.717) is 0 Å². The van der Waals surface area contributed by atoms with E-state index in [2.05, 4.69) is 0 Å². The number of nitrogens with zero attached hydrogens (tertiary/aromatic N) is 3. The highest BCUT2D eigenvalue weighted by atomic mass is 32.2. The molecule has 4 nitrogen and oxygen atoms in total. The lowest BCUT2D eigenvalue weighted by molar-refractivity contribution is -0.129. The number of rotatable bonds is 6. The van der Waals surface area contributed by atoms with Crippen molar-refractivity contribution in [2.75, 3.05) is 13.1 Å². The van der Waals surface area contributed by atoms with Crippen molar-refractivity contribution in [3.05, 3.63) is 66.2 Å². The summed E-state index contributed by atoms with van der Waals surface area (Å²) in [6.45, 7) is -0.184. The summed E-state index contributed by atoms with van der Waals surface area (Å²) in [6.07, 6.45) is 0. The van der Waals surface area contributed by atoms with E-state index in [1.54, 1.807) is 0 Å². The summed E-state index contributed by atoms with van der Waals surface area (Å²) < 4.78 is 0. The van der Waals surface area contributed by atoms with Gasteiger partial charge in [0, 0.05) is 4.90 Å². The van der Waals surface area contributed by atoms with Crippen molar-refractivity contribution in [1.29, 1.82) is 10.5 Å². The molecule has 23 heavy (non-hydrogen) atoms. The largest absolute Gasteiger partial charge is 0.315 e. The number of hydrogen-bond donors (Lipinski definition) is 0. The van der Waals surface area contributed by atoms with Gasteiger partial charge in [0.2, 0.25) is 5.91 Å². The van der Waals surface area contributed by atoms with Crippen LogP contribution in [0.3, 0.4) is 0 Å². The molecule has 114 valence electrons. The average Bonchev–Trinajstić information content (AvgIpc) is 2.60. The molecule has 0 spiro atoms. The molecule has 1 amide bonds. The van der Waals surface area contributed by atoms with Gasteiger partial charge in [0.05, 0.1) is 12.1 Å². The number of carbonyl (C=O) groups excluding carboxylic acids is 1. The highest BCUT2D eigenvalue weighted by molar-refractivity contribution is 8.00. The number of thioether (sulfide) groups is 1. The van der Waals surface area contributed by atoms with Crippen molar-refractivity contribution in [1.82, 2.24) is 4.90 Å². The molecular weight excluding hydrogens is 306 g/mol. The standard InChI is InChI=1S/C18H15N3OS/c19-11-13-21(14-12-20)18(22)17(15-7-3-1-4-8-15)23-16-9-5-2-6-10-16/h1-10,17H,13-14H2. The predicted molar refractivity (Wildman–Crippen MR) is 89.3 cm³/mol. The first-order chi connectivity index (χ1) is 11.3. The van der Waals surface area contributed by atoms with Crippen molar-refractivity contribution in [2.24, 2.45) is 0 Å². The van der Waals surface area contributed by atoms with Gasteiger partial charge in [-0.05, 0) is 17.7 Å². The van der Waals surface area contributed by atoms with Crippen LogP contribution in [0.4, 0.5) is 0 Å². The molecule has 0 aliphatic rings. The van der Waals surface area contributed by atoms with Crippen LogP contribution in [0.5, 0.6) is 0 Å². The van der Waals surface area contributed by atoms with Crippen LogP contribution >= 0.6 is 11.8 Å². The van der Waals surface area contributed by atoms with E-state index in [9.17, 15) is 4.79 Å². The zero-order chi connectivity index (χ0) is 16.5. The maximum absolute atomic E-state index is 12.8. The molecule has 0 aromatic heterocycles. The fourth-order valence-corrected chi connectivity index (χ4v) is 3.20. The van der Waals surface area contributed by atoms with Crippen molar-refractivity contribution in [3.8, 4) is 12.1 Å². The Morgan fingerprint density at radius 3 is 2.00 bits per heavy atom. The summed E-state index contributed by atoms with van der Waals surface area (Å²) in [7, 11) is 0. The van der Waals surface area contributed by atoms with E-state index in [1.165, 1.54) is 16.7 Å². The Kier molecular flexibility index (Phi) is 6.23. The Morgan fingerprint density at radius 1 is 0.957 bits per heavy atom. The van der Waals surface area contributed by atoms with Crippen molar-refractivity contribution in [2.45, 2.75) is 10.1 Å². The number of benzene rings is 2. The van der Waals surface area contributed by atoms with Gasteiger partial charge in [-0.3, -0.25) is 4.79 Å². The Hall–Kier alpha value is -2.76. The summed E-state index contributed by atoms with van der Waals surface area (Å²) in [6, 6.07) is 22.9. The summed E-state index contributed by atoms with van der Waals surface area (Å²) in [5, 5.41) is 17.3. The van der Waals surface area contributed by atoms with E-state index in [0.717, 1.165) is 10.5 Å². The molecule has 0 heterocycles. The van der Waals surface area contributed by atoms with Gasteiger partial charge in [0.1, 0.15) is 18.3 Å². The van der Waals surface area contributed by atoms with Crippen LogP contribution in [0, 0.1) is 22.7 Å². The second-order valence-electron chi connectivity index (χ2n) is 4.73. The third-order valence-corrected chi connectivity index (χ3v) is 4.41. The Balaban J connectivity index is 2.31. The molecule has 0 fully saturated rings. The maximum atomic E-state index is 12.8. The van der Waals surface area contributed by atoms with Gasteiger partial charge in [-0.15, -0.1) is 11.8 Å². The first-order valence-corrected chi connectivity index (χ1v) is 7.93. The molecule has 0 aliphatic heterocycles. The molecule has 0 aliphatic carbocycles. The summed E-state index contributed by atoms with van der Waals surface area (Å²) >= 11 is 1.42. The normalized spacial score (nSPS) is 11.0. The van der Waals surface area contributed by atoms with E-state index >= 15 is 0 Å². The fraction of sp³-hybridized carbons (Fsp3) is 0.167. The number of amides is 1. The first-order valence-electron chi connectivity index (χ1n) is 7.05. The highest BCUT2D eigenvalue weighted by Gasteiger charge is 2.26. The lowest BCUT2D eigenvalue weighted by atomic mass is 10.1. The van der Waals surface area contributed by atoms with Crippen LogP contribution in [-0.2, 0) is 4.79 Å². The van der Waals surface area contributed by atoms with Gasteiger partial charge in [-0.2, -0.15) is 10.5 Å². The smallest absolute Gasteiger partial charge is 0.242 e. The first kappa shape index (κ1) is 16.6. The third-order valence-electron chi connectivity index (χ3n) is 3.16. The van der Waals surface area contributed by atoms with Gasteiger partial charge in [-0.25, -0.2) is 0 Å². The SMILES string of the molecule is N#CCN(CC#N)C(=O)C(Sc1ccccc1)c1ccccc1. The number of hydrogen-bond acceptors (Lipinski definition) is 4. The van der Waals surface area contributed by atoms with Crippen LogP contribution in [0.25, 0.3) is 0 Å². The van der Waals surface area contributed by atoms with Crippen molar-refractivity contribution < 1.29 is 4.79 Å². The van der Waals surface area contributed by atoms with Gasteiger partial charge in [0.15, 0.2) is 0 Å². The number of nitriles is 2. The third kappa shape index (κ3) is 4.60. The van der Waals surface area contributed by atoms with Gasteiger partial charge < -0.3 is 4.90 Å². The predicted octanol–water partition coefficient (Wildman–Crippen LogP) is 3.40. The molecule has 2 rings (SSSR count). The zero-order valence-corrected chi connectivity index (χ0v) is 13.2. The minimum atomic E-state index is -0.486. The van der Waals surface area contributed by atoms with E-state index in [1.807, 2.05) is 72.8 Å². The molecule has 0 saturated heterocycles. The Labute approximate surface area is 140 Å². The number of carbonyl (C=O) groups is 1. The summed E-state index contributed by atoms with van der Waals surface area (Å²) in [5.41, 5.74) is 0.854. The van der Waals surface area contributed by atoms with Gasteiger partial charge in [0.25, 0.3) is 0 Å². The van der Waals surface area contributed by atoms with Crippen LogP contribution < -0.4 is 0 Å². The minimum absolute atomic E-state index is 0.0922. The molecule has 1 atom stereocenters. The van der Waals surface area contributed by atoms with Crippen molar-refractivity contribution >= 4 is 17.7 Å². The topological polar surface area (TPSA) is 67.9 Å². The monoisotopic (exact) mass is 321 g/mol. The average molecular weight is 321 g/mol. The second-order valence-corrected chi connectivity index (χ2v) is 5.91. The van der Waals surface area contributed by atoms with E-state index in [-0.39, 0.29) is 19.0 Å². The van der Waals surface area contributed by atoms with Crippen molar-refractivity contribution in [3.63, 3.8) is 0 Å². The van der Waals surface area contributed by atoms with Crippen LogP contribution in [0.1, 0.15) is 10.8 Å². The molecule has 2 aromatic carbocycles. The van der Waals surface area contributed by atoms with E-state index in [4.69, 9.17) is 10.5 Å². The highest BCUT2D eigenvalue weighted by Crippen LogP contribution is 2.36. The Morgan fingerprint density at radius 2 is 1.48 bits per heavy atom. The fourth-order valence-electron chi connectivity index (χ4n) is 2.07. The second kappa shape index (κ2) is 8.63. The molecule has 5 heteroatoms. The molecule has 0 radical (unpaired) electrons. The molecule has 1 unspecified atom stereocenters. The Bertz CT molecular complexity index is 703. The minimum Gasteiger partial charge on any atom is -0.315 e. The quantitative estimate of drug-likeness (QED) is 0.604.